The molecule has 0 spiro atoms. The van der Waals surface area contributed by atoms with Gasteiger partial charge >= 0.3 is 0 Å². The van der Waals surface area contributed by atoms with Gasteiger partial charge in [0, 0.05) is 18.4 Å². The normalized spacial score (nSPS) is 33.0. The number of aldehydes is 1. The van der Waals surface area contributed by atoms with E-state index < -0.39 is 0 Å². The number of hydrogen-bond donors (Lipinski definition) is 0. The molecule has 0 aromatic carbocycles. The van der Waals surface area contributed by atoms with E-state index in [1.807, 2.05) is 0 Å². The molecule has 0 aromatic rings. The summed E-state index contributed by atoms with van der Waals surface area (Å²) in [7, 11) is 1.79. The van der Waals surface area contributed by atoms with Crippen molar-refractivity contribution in [1.82, 2.24) is 0 Å². The summed E-state index contributed by atoms with van der Waals surface area (Å²) in [6.45, 7) is 9.86. The van der Waals surface area contributed by atoms with Gasteiger partial charge in [-0.1, -0.05) is 47.0 Å². The Hall–Kier alpha value is -0.370. The summed E-state index contributed by atoms with van der Waals surface area (Å²) in [6, 6.07) is 0. The molecule has 1 rings (SSSR count). The topological polar surface area (TPSA) is 26.3 Å². The lowest BCUT2D eigenvalue weighted by Gasteiger charge is -2.45. The average molecular weight is 282 g/mol. The predicted molar refractivity (Wildman–Crippen MR) is 84.7 cm³/mol. The standard InChI is InChI=1S/C18H34O2/c1-6-8-9-16(7-2)17(12-19)18(13-20-5)14(3)10-11-15(18)4/h12,14-17H,6-11,13H2,1-5H3. The van der Waals surface area contributed by atoms with Crippen molar-refractivity contribution in [3.63, 3.8) is 0 Å². The van der Waals surface area contributed by atoms with E-state index in [1.165, 1.54) is 38.4 Å². The van der Waals surface area contributed by atoms with Gasteiger partial charge in [-0.2, -0.15) is 0 Å². The molecule has 2 nitrogen and oxygen atoms in total. The number of carbonyl (C=O) groups excluding carboxylic acids is 1. The second-order valence-corrected chi connectivity index (χ2v) is 6.90. The van der Waals surface area contributed by atoms with E-state index in [-0.39, 0.29) is 11.3 Å². The van der Waals surface area contributed by atoms with Crippen LogP contribution in [0.5, 0.6) is 0 Å². The SMILES string of the molecule is CCCCC(CC)C(C=O)C1(COC)C(C)CCC1C. The van der Waals surface area contributed by atoms with Gasteiger partial charge in [-0.25, -0.2) is 0 Å². The van der Waals surface area contributed by atoms with Crippen molar-refractivity contribution in [2.75, 3.05) is 13.7 Å². The average Bonchev–Trinajstić information content (AvgIpc) is 2.72. The summed E-state index contributed by atoms with van der Waals surface area (Å²) in [5.74, 6) is 1.85. The van der Waals surface area contributed by atoms with Gasteiger partial charge in [0.2, 0.25) is 0 Å². The Morgan fingerprint density at radius 2 is 1.85 bits per heavy atom. The van der Waals surface area contributed by atoms with Crippen LogP contribution in [0.15, 0.2) is 0 Å². The Morgan fingerprint density at radius 3 is 2.25 bits per heavy atom. The summed E-state index contributed by atoms with van der Waals surface area (Å²) in [5, 5.41) is 0. The predicted octanol–water partition coefficient (Wildman–Crippen LogP) is 4.72. The molecule has 1 aliphatic carbocycles. The Bertz CT molecular complexity index is 277. The quantitative estimate of drug-likeness (QED) is 0.572. The summed E-state index contributed by atoms with van der Waals surface area (Å²) >= 11 is 0. The summed E-state index contributed by atoms with van der Waals surface area (Å²) in [5.41, 5.74) is 0.0604. The van der Waals surface area contributed by atoms with Gasteiger partial charge in [0.15, 0.2) is 0 Å². The van der Waals surface area contributed by atoms with Crippen LogP contribution in [-0.4, -0.2) is 20.0 Å². The third-order valence-corrected chi connectivity index (χ3v) is 5.99. The maximum absolute atomic E-state index is 12.0. The van der Waals surface area contributed by atoms with Gasteiger partial charge < -0.3 is 9.53 Å². The van der Waals surface area contributed by atoms with Crippen molar-refractivity contribution in [2.24, 2.45) is 29.1 Å². The molecule has 0 saturated heterocycles. The molecule has 4 unspecified atom stereocenters. The smallest absolute Gasteiger partial charge is 0.124 e. The molecule has 0 aliphatic heterocycles. The summed E-state index contributed by atoms with van der Waals surface area (Å²) in [4.78, 5) is 12.0. The summed E-state index contributed by atoms with van der Waals surface area (Å²) in [6.07, 6.45) is 8.47. The van der Waals surface area contributed by atoms with Crippen LogP contribution in [0.25, 0.3) is 0 Å². The number of methoxy groups -OCH3 is 1. The number of carbonyl (C=O) groups is 1. The first kappa shape index (κ1) is 17.7. The van der Waals surface area contributed by atoms with Crippen molar-refractivity contribution >= 4 is 6.29 Å². The van der Waals surface area contributed by atoms with Crippen molar-refractivity contribution in [2.45, 2.75) is 66.2 Å². The van der Waals surface area contributed by atoms with E-state index in [2.05, 4.69) is 27.7 Å². The molecule has 0 N–H and O–H groups in total. The maximum Gasteiger partial charge on any atom is 0.124 e. The molecule has 0 radical (unpaired) electrons. The first-order valence-electron chi connectivity index (χ1n) is 8.52. The zero-order chi connectivity index (χ0) is 15.2. The third kappa shape index (κ3) is 3.27. The number of unbranched alkanes of at least 4 members (excludes halogenated alkanes) is 1. The van der Waals surface area contributed by atoms with Gasteiger partial charge in [0.05, 0.1) is 6.61 Å². The van der Waals surface area contributed by atoms with Gasteiger partial charge in [0.25, 0.3) is 0 Å². The molecule has 2 heteroatoms. The van der Waals surface area contributed by atoms with E-state index in [4.69, 9.17) is 4.74 Å². The first-order valence-corrected chi connectivity index (χ1v) is 8.52. The number of hydrogen-bond acceptors (Lipinski definition) is 2. The molecule has 20 heavy (non-hydrogen) atoms. The minimum absolute atomic E-state index is 0.0604. The molecule has 4 atom stereocenters. The number of rotatable bonds is 9. The van der Waals surface area contributed by atoms with Crippen LogP contribution < -0.4 is 0 Å². The fourth-order valence-electron chi connectivity index (χ4n) is 4.59. The van der Waals surface area contributed by atoms with Crippen molar-refractivity contribution in [3.8, 4) is 0 Å². The highest BCUT2D eigenvalue weighted by molar-refractivity contribution is 5.56. The largest absolute Gasteiger partial charge is 0.384 e. The fraction of sp³-hybridized carbons (Fsp3) is 0.944. The van der Waals surface area contributed by atoms with E-state index in [0.29, 0.717) is 17.8 Å². The lowest BCUT2D eigenvalue weighted by atomic mass is 9.60. The first-order chi connectivity index (χ1) is 9.58. The van der Waals surface area contributed by atoms with Crippen molar-refractivity contribution < 1.29 is 9.53 Å². The zero-order valence-electron chi connectivity index (χ0n) is 14.2. The van der Waals surface area contributed by atoms with Crippen molar-refractivity contribution in [3.05, 3.63) is 0 Å². The van der Waals surface area contributed by atoms with Crippen LogP contribution in [0.1, 0.15) is 66.2 Å². The van der Waals surface area contributed by atoms with E-state index in [0.717, 1.165) is 13.0 Å². The van der Waals surface area contributed by atoms with E-state index in [9.17, 15) is 4.79 Å². The molecular weight excluding hydrogens is 248 g/mol. The van der Waals surface area contributed by atoms with Crippen LogP contribution >= 0.6 is 0 Å². The molecule has 0 aromatic heterocycles. The Labute approximate surface area is 125 Å². The molecule has 0 bridgehead atoms. The highest BCUT2D eigenvalue weighted by atomic mass is 16.5. The van der Waals surface area contributed by atoms with Crippen LogP contribution in [0.2, 0.25) is 0 Å². The van der Waals surface area contributed by atoms with Crippen LogP contribution in [0.3, 0.4) is 0 Å². The van der Waals surface area contributed by atoms with Gasteiger partial charge in [0.1, 0.15) is 6.29 Å². The second-order valence-electron chi connectivity index (χ2n) is 6.90. The highest BCUT2D eigenvalue weighted by Crippen LogP contribution is 2.55. The van der Waals surface area contributed by atoms with E-state index in [1.54, 1.807) is 7.11 Å². The lowest BCUT2D eigenvalue weighted by molar-refractivity contribution is -0.125. The Kier molecular flexibility index (Phi) is 7.22. The monoisotopic (exact) mass is 282 g/mol. The molecule has 118 valence electrons. The highest BCUT2D eigenvalue weighted by Gasteiger charge is 2.52. The van der Waals surface area contributed by atoms with Gasteiger partial charge in [-0.15, -0.1) is 0 Å². The van der Waals surface area contributed by atoms with Crippen LogP contribution in [0, 0.1) is 29.1 Å². The molecule has 1 aliphatic rings. The lowest BCUT2D eigenvalue weighted by Crippen LogP contribution is -2.46. The minimum atomic E-state index is 0.0604. The molecule has 1 fully saturated rings. The molecule has 0 amide bonds. The van der Waals surface area contributed by atoms with Gasteiger partial charge in [-0.05, 0) is 37.0 Å². The zero-order valence-corrected chi connectivity index (χ0v) is 14.2. The molecular formula is C18H34O2. The molecule has 0 heterocycles. The van der Waals surface area contributed by atoms with E-state index >= 15 is 0 Å². The van der Waals surface area contributed by atoms with Crippen molar-refractivity contribution in [1.29, 1.82) is 0 Å². The fourth-order valence-corrected chi connectivity index (χ4v) is 4.59. The van der Waals surface area contributed by atoms with Crippen LogP contribution in [0.4, 0.5) is 0 Å². The minimum Gasteiger partial charge on any atom is -0.384 e. The number of ether oxygens (including phenoxy) is 1. The third-order valence-electron chi connectivity index (χ3n) is 5.99. The maximum atomic E-state index is 12.0. The second kappa shape index (κ2) is 8.17. The molecule has 1 saturated carbocycles. The Balaban J connectivity index is 3.04. The Morgan fingerprint density at radius 1 is 1.25 bits per heavy atom. The summed E-state index contributed by atoms with van der Waals surface area (Å²) < 4.78 is 5.59. The van der Waals surface area contributed by atoms with Crippen LogP contribution in [-0.2, 0) is 9.53 Å². The van der Waals surface area contributed by atoms with Gasteiger partial charge in [-0.3, -0.25) is 0 Å².